The predicted molar refractivity (Wildman–Crippen MR) is 183 cm³/mol. The van der Waals surface area contributed by atoms with E-state index in [1.54, 1.807) is 6.08 Å². The van der Waals surface area contributed by atoms with Crippen LogP contribution in [0.5, 0.6) is 0 Å². The first-order valence-corrected chi connectivity index (χ1v) is 18.8. The first-order valence-electron chi connectivity index (χ1n) is 18.8. The number of aliphatic hydroxyl groups is 3. The van der Waals surface area contributed by atoms with Crippen LogP contribution in [0.25, 0.3) is 0 Å². The molecule has 0 aromatic heterocycles. The van der Waals surface area contributed by atoms with Crippen molar-refractivity contribution >= 4 is 17.7 Å². The summed E-state index contributed by atoms with van der Waals surface area (Å²) in [5, 5.41) is 30.1. The van der Waals surface area contributed by atoms with Gasteiger partial charge in [-0.05, 0) is 25.7 Å². The lowest BCUT2D eigenvalue weighted by Gasteiger charge is -2.18. The lowest BCUT2D eigenvalue weighted by atomic mass is 9.88. The summed E-state index contributed by atoms with van der Waals surface area (Å²) in [4.78, 5) is 36.8. The smallest absolute Gasteiger partial charge is 0.306 e. The molecule has 8 nitrogen and oxygen atoms in total. The summed E-state index contributed by atoms with van der Waals surface area (Å²) in [5.74, 6) is -1.15. The third-order valence-electron chi connectivity index (χ3n) is 9.20. The lowest BCUT2D eigenvalue weighted by molar-refractivity contribution is -0.161. The molecule has 0 unspecified atom stereocenters. The maximum atomic E-state index is 12.5. The molecule has 0 saturated heterocycles. The SMILES string of the molecule is CCCCCCCCCCCCCCC(=O)OC[C@H](CO)OC(=O)CCCCCC[C@H]1C(=O)C[C@@H](O)[C@@H]1/C=C/[C@@H](O)CCCCC. The maximum absolute atomic E-state index is 12.5. The van der Waals surface area contributed by atoms with Crippen LogP contribution in [0, 0.1) is 11.8 Å². The monoisotopic (exact) mass is 652 g/mol. The molecular weight excluding hydrogens is 584 g/mol. The zero-order chi connectivity index (χ0) is 33.8. The molecule has 1 rings (SSSR count). The second-order valence-electron chi connectivity index (χ2n) is 13.4. The Labute approximate surface area is 280 Å². The van der Waals surface area contributed by atoms with Crippen molar-refractivity contribution < 1.29 is 39.2 Å². The molecule has 0 spiro atoms. The average molecular weight is 653 g/mol. The van der Waals surface area contributed by atoms with Crippen LogP contribution in [-0.4, -0.2) is 64.6 Å². The van der Waals surface area contributed by atoms with Crippen molar-refractivity contribution in [2.75, 3.05) is 13.2 Å². The summed E-state index contributed by atoms with van der Waals surface area (Å²) in [6, 6.07) is 0. The number of carbonyl (C=O) groups is 3. The topological polar surface area (TPSA) is 130 Å². The highest BCUT2D eigenvalue weighted by Gasteiger charge is 2.39. The zero-order valence-electron chi connectivity index (χ0n) is 29.3. The average Bonchev–Trinajstić information content (AvgIpc) is 3.31. The number of ether oxygens (including phenoxy) is 2. The summed E-state index contributed by atoms with van der Waals surface area (Å²) < 4.78 is 10.5. The van der Waals surface area contributed by atoms with Crippen LogP contribution >= 0.6 is 0 Å². The van der Waals surface area contributed by atoms with E-state index in [0.29, 0.717) is 25.7 Å². The number of hydrogen-bond acceptors (Lipinski definition) is 8. The number of ketones is 1. The van der Waals surface area contributed by atoms with Crippen LogP contribution in [0.3, 0.4) is 0 Å². The summed E-state index contributed by atoms with van der Waals surface area (Å²) in [5.41, 5.74) is 0. The number of esters is 2. The van der Waals surface area contributed by atoms with Crippen LogP contribution in [0.15, 0.2) is 12.2 Å². The molecule has 0 amide bonds. The van der Waals surface area contributed by atoms with Crippen molar-refractivity contribution in [1.82, 2.24) is 0 Å². The molecule has 1 aliphatic rings. The molecule has 0 radical (unpaired) electrons. The number of Topliss-reactive ketones (excluding diaryl/α,β-unsaturated/α-hetero) is 1. The van der Waals surface area contributed by atoms with E-state index in [9.17, 15) is 29.7 Å². The van der Waals surface area contributed by atoms with Crippen molar-refractivity contribution in [1.29, 1.82) is 0 Å². The van der Waals surface area contributed by atoms with Gasteiger partial charge in [0.2, 0.25) is 0 Å². The summed E-state index contributed by atoms with van der Waals surface area (Å²) in [6.45, 7) is 3.83. The molecule has 0 bridgehead atoms. The Kier molecular flexibility index (Phi) is 26.0. The van der Waals surface area contributed by atoms with Crippen molar-refractivity contribution in [3.63, 3.8) is 0 Å². The summed E-state index contributed by atoms with van der Waals surface area (Å²) in [6.07, 6.45) is 24.5. The summed E-state index contributed by atoms with van der Waals surface area (Å²) >= 11 is 0. The molecule has 0 aromatic carbocycles. The molecule has 0 aromatic rings. The molecule has 46 heavy (non-hydrogen) atoms. The van der Waals surface area contributed by atoms with Gasteiger partial charge in [0.25, 0.3) is 0 Å². The van der Waals surface area contributed by atoms with Crippen LogP contribution in [0.4, 0.5) is 0 Å². The molecule has 1 fully saturated rings. The van der Waals surface area contributed by atoms with E-state index in [1.165, 1.54) is 57.8 Å². The standard InChI is InChI=1S/C38H68O8/c1-3-5-7-8-9-10-11-12-13-14-15-20-24-37(43)45-30-32(29-39)46-38(44)25-21-17-16-19-23-33-34(36(42)28-35(33)41)27-26-31(40)22-18-6-4-2/h26-27,31-34,36,39-40,42H,3-25,28-30H2,1-2H3/b27-26+/t31-,32-,33+,34+,36+/m0/s1. The van der Waals surface area contributed by atoms with Crippen LogP contribution < -0.4 is 0 Å². The highest BCUT2D eigenvalue weighted by Crippen LogP contribution is 2.34. The van der Waals surface area contributed by atoms with E-state index in [1.807, 2.05) is 6.08 Å². The van der Waals surface area contributed by atoms with Gasteiger partial charge in [-0.2, -0.15) is 0 Å². The Hall–Kier alpha value is -1.77. The molecule has 0 heterocycles. The van der Waals surface area contributed by atoms with E-state index < -0.39 is 30.9 Å². The molecule has 268 valence electrons. The van der Waals surface area contributed by atoms with Gasteiger partial charge in [0.15, 0.2) is 6.10 Å². The first kappa shape index (κ1) is 42.3. The molecule has 5 atom stereocenters. The lowest BCUT2D eigenvalue weighted by Crippen LogP contribution is -2.28. The fraction of sp³-hybridized carbons (Fsp3) is 0.868. The molecule has 8 heteroatoms. The Balaban J connectivity index is 2.12. The Bertz CT molecular complexity index is 813. The number of aliphatic hydroxyl groups excluding tert-OH is 3. The predicted octanol–water partition coefficient (Wildman–Crippen LogP) is 7.93. The van der Waals surface area contributed by atoms with Crippen LogP contribution in [-0.2, 0) is 23.9 Å². The van der Waals surface area contributed by atoms with E-state index in [2.05, 4.69) is 13.8 Å². The van der Waals surface area contributed by atoms with E-state index >= 15 is 0 Å². The highest BCUT2D eigenvalue weighted by molar-refractivity contribution is 5.84. The minimum atomic E-state index is -0.853. The third-order valence-corrected chi connectivity index (χ3v) is 9.20. The minimum Gasteiger partial charge on any atom is -0.462 e. The zero-order valence-corrected chi connectivity index (χ0v) is 29.3. The van der Waals surface area contributed by atoms with Crippen molar-refractivity contribution in [3.8, 4) is 0 Å². The van der Waals surface area contributed by atoms with Gasteiger partial charge in [0, 0.05) is 31.1 Å². The molecular formula is C38H68O8. The van der Waals surface area contributed by atoms with Gasteiger partial charge in [0.1, 0.15) is 12.4 Å². The Morgan fingerprint density at radius 2 is 1.30 bits per heavy atom. The normalized spacial score (nSPS) is 19.5. The molecule has 1 aliphatic carbocycles. The molecule has 1 saturated carbocycles. The van der Waals surface area contributed by atoms with Crippen LogP contribution in [0.1, 0.15) is 168 Å². The Morgan fingerprint density at radius 3 is 1.89 bits per heavy atom. The van der Waals surface area contributed by atoms with E-state index in [4.69, 9.17) is 9.47 Å². The second-order valence-corrected chi connectivity index (χ2v) is 13.4. The van der Waals surface area contributed by atoms with Crippen molar-refractivity contribution in [2.24, 2.45) is 11.8 Å². The van der Waals surface area contributed by atoms with Gasteiger partial charge in [0.05, 0.1) is 18.8 Å². The highest BCUT2D eigenvalue weighted by atomic mass is 16.6. The van der Waals surface area contributed by atoms with Gasteiger partial charge >= 0.3 is 11.9 Å². The minimum absolute atomic E-state index is 0.0797. The van der Waals surface area contributed by atoms with Gasteiger partial charge < -0.3 is 24.8 Å². The second kappa shape index (κ2) is 28.3. The Morgan fingerprint density at radius 1 is 0.783 bits per heavy atom. The molecule has 3 N–H and O–H groups in total. The number of rotatable bonds is 30. The first-order chi connectivity index (χ1) is 22.3. The van der Waals surface area contributed by atoms with Gasteiger partial charge in [-0.3, -0.25) is 14.4 Å². The quantitative estimate of drug-likeness (QED) is 0.0405. The largest absolute Gasteiger partial charge is 0.462 e. The van der Waals surface area contributed by atoms with Gasteiger partial charge in [-0.1, -0.05) is 135 Å². The third kappa shape index (κ3) is 21.2. The van der Waals surface area contributed by atoms with Crippen LogP contribution in [0.2, 0.25) is 0 Å². The van der Waals surface area contributed by atoms with E-state index in [-0.39, 0.29) is 43.0 Å². The van der Waals surface area contributed by atoms with Gasteiger partial charge in [-0.15, -0.1) is 0 Å². The number of hydrogen-bond donors (Lipinski definition) is 3. The summed E-state index contributed by atoms with van der Waals surface area (Å²) in [7, 11) is 0. The van der Waals surface area contributed by atoms with E-state index in [0.717, 1.165) is 57.8 Å². The van der Waals surface area contributed by atoms with Crippen molar-refractivity contribution in [2.45, 2.75) is 186 Å². The number of unbranched alkanes of at least 4 members (excludes halogenated alkanes) is 16. The fourth-order valence-corrected chi connectivity index (χ4v) is 6.27. The molecule has 0 aliphatic heterocycles. The van der Waals surface area contributed by atoms with Crippen molar-refractivity contribution in [3.05, 3.63) is 12.2 Å². The van der Waals surface area contributed by atoms with Gasteiger partial charge in [-0.25, -0.2) is 0 Å². The fourth-order valence-electron chi connectivity index (χ4n) is 6.27. The maximum Gasteiger partial charge on any atom is 0.306 e. The number of carbonyl (C=O) groups excluding carboxylic acids is 3.